The number of rotatable bonds is 5. The highest BCUT2D eigenvalue weighted by Gasteiger charge is 2.10. The zero-order valence-corrected chi connectivity index (χ0v) is 10.8. The topological polar surface area (TPSA) is 64.3 Å². The Balaban J connectivity index is 2.60. The maximum Gasteiger partial charge on any atom is 0.251 e. The summed E-state index contributed by atoms with van der Waals surface area (Å²) in [6.45, 7) is 4.92. The third kappa shape index (κ3) is 4.24. The quantitative estimate of drug-likeness (QED) is 0.793. The van der Waals surface area contributed by atoms with Crippen LogP contribution in [0.2, 0.25) is 5.02 Å². The second kappa shape index (κ2) is 6.47. The van der Waals surface area contributed by atoms with Crippen molar-refractivity contribution in [2.75, 3.05) is 18.9 Å². The number of anilines is 1. The molecule has 0 saturated carbocycles. The molecule has 0 radical (unpaired) electrons. The first-order chi connectivity index (χ1) is 8.04. The smallest absolute Gasteiger partial charge is 0.251 e. The molecule has 5 heteroatoms. The van der Waals surface area contributed by atoms with Crippen LogP contribution in [0.1, 0.15) is 24.2 Å². The Morgan fingerprint density at radius 3 is 2.88 bits per heavy atom. The van der Waals surface area contributed by atoms with E-state index in [1.165, 1.54) is 0 Å². The van der Waals surface area contributed by atoms with Crippen LogP contribution in [0, 0.1) is 0 Å². The van der Waals surface area contributed by atoms with E-state index in [1.807, 2.05) is 13.8 Å². The molecule has 0 spiro atoms. The largest absolute Gasteiger partial charge is 0.398 e. The van der Waals surface area contributed by atoms with Crippen LogP contribution in [-0.2, 0) is 4.74 Å². The van der Waals surface area contributed by atoms with Crippen LogP contribution in [0.3, 0.4) is 0 Å². The molecule has 94 valence electrons. The summed E-state index contributed by atoms with van der Waals surface area (Å²) in [5.41, 5.74) is 6.53. The number of hydrogen-bond donors (Lipinski definition) is 2. The van der Waals surface area contributed by atoms with Gasteiger partial charge >= 0.3 is 0 Å². The number of nitrogen functional groups attached to an aromatic ring is 1. The number of nitrogens with two attached hydrogens (primary N) is 1. The molecular formula is C12H17ClN2O2. The van der Waals surface area contributed by atoms with Crippen LogP contribution in [0.5, 0.6) is 0 Å². The Hall–Kier alpha value is -1.26. The maximum atomic E-state index is 11.8. The van der Waals surface area contributed by atoms with Crippen LogP contribution < -0.4 is 11.1 Å². The molecule has 1 atom stereocenters. The standard InChI is InChI=1S/C12H17ClN2O2/c1-3-17-7-8(2)15-12(16)9-4-5-11(14)10(13)6-9/h4-6,8H,3,7,14H2,1-2H3,(H,15,16). The van der Waals surface area contributed by atoms with Gasteiger partial charge in [0.2, 0.25) is 0 Å². The van der Waals surface area contributed by atoms with Gasteiger partial charge in [-0.3, -0.25) is 4.79 Å². The normalized spacial score (nSPS) is 12.2. The van der Waals surface area contributed by atoms with E-state index in [4.69, 9.17) is 22.1 Å². The van der Waals surface area contributed by atoms with Gasteiger partial charge in [0.25, 0.3) is 5.91 Å². The SMILES string of the molecule is CCOCC(C)NC(=O)c1ccc(N)c(Cl)c1. The molecule has 0 bridgehead atoms. The van der Waals surface area contributed by atoms with Gasteiger partial charge in [0.05, 0.1) is 17.3 Å². The summed E-state index contributed by atoms with van der Waals surface area (Å²) in [4.78, 5) is 11.8. The summed E-state index contributed by atoms with van der Waals surface area (Å²) < 4.78 is 5.21. The van der Waals surface area contributed by atoms with Crippen molar-refractivity contribution in [3.63, 3.8) is 0 Å². The van der Waals surface area contributed by atoms with E-state index in [0.29, 0.717) is 29.5 Å². The molecule has 1 unspecified atom stereocenters. The second-order valence-corrected chi connectivity index (χ2v) is 4.18. The monoisotopic (exact) mass is 256 g/mol. The van der Waals surface area contributed by atoms with Gasteiger partial charge in [0.1, 0.15) is 0 Å². The highest BCUT2D eigenvalue weighted by atomic mass is 35.5. The summed E-state index contributed by atoms with van der Waals surface area (Å²) >= 11 is 5.85. The minimum absolute atomic E-state index is 0.0428. The van der Waals surface area contributed by atoms with Gasteiger partial charge in [0, 0.05) is 18.2 Å². The van der Waals surface area contributed by atoms with Gasteiger partial charge in [-0.15, -0.1) is 0 Å². The highest BCUT2D eigenvalue weighted by Crippen LogP contribution is 2.19. The van der Waals surface area contributed by atoms with E-state index in [1.54, 1.807) is 18.2 Å². The Labute approximate surface area is 106 Å². The number of amides is 1. The Morgan fingerprint density at radius 2 is 2.29 bits per heavy atom. The fourth-order valence-corrected chi connectivity index (χ4v) is 1.49. The third-order valence-electron chi connectivity index (χ3n) is 2.21. The van der Waals surface area contributed by atoms with Crippen LogP contribution >= 0.6 is 11.6 Å². The van der Waals surface area contributed by atoms with Crippen molar-refractivity contribution in [1.29, 1.82) is 0 Å². The minimum Gasteiger partial charge on any atom is -0.398 e. The molecule has 4 nitrogen and oxygen atoms in total. The van der Waals surface area contributed by atoms with Crippen molar-refractivity contribution in [1.82, 2.24) is 5.32 Å². The summed E-state index contributed by atoms with van der Waals surface area (Å²) in [7, 11) is 0. The van der Waals surface area contributed by atoms with E-state index in [9.17, 15) is 4.79 Å². The van der Waals surface area contributed by atoms with Crippen molar-refractivity contribution < 1.29 is 9.53 Å². The average molecular weight is 257 g/mol. The molecule has 0 fully saturated rings. The molecule has 0 aliphatic heterocycles. The van der Waals surface area contributed by atoms with Gasteiger partial charge in [-0.1, -0.05) is 11.6 Å². The first kappa shape index (κ1) is 13.8. The fourth-order valence-electron chi connectivity index (χ4n) is 1.31. The molecule has 0 aromatic heterocycles. The Kier molecular flexibility index (Phi) is 5.25. The molecule has 1 rings (SSSR count). The van der Waals surface area contributed by atoms with Gasteiger partial charge < -0.3 is 15.8 Å². The zero-order valence-electron chi connectivity index (χ0n) is 10.00. The van der Waals surface area contributed by atoms with E-state index in [-0.39, 0.29) is 11.9 Å². The van der Waals surface area contributed by atoms with Crippen molar-refractivity contribution in [2.24, 2.45) is 0 Å². The van der Waals surface area contributed by atoms with Crippen LogP contribution in [0.25, 0.3) is 0 Å². The Morgan fingerprint density at radius 1 is 1.59 bits per heavy atom. The van der Waals surface area contributed by atoms with Gasteiger partial charge in [-0.05, 0) is 32.0 Å². The van der Waals surface area contributed by atoms with E-state index in [0.717, 1.165) is 0 Å². The van der Waals surface area contributed by atoms with Crippen LogP contribution in [0.4, 0.5) is 5.69 Å². The van der Waals surface area contributed by atoms with Crippen molar-refractivity contribution in [3.05, 3.63) is 28.8 Å². The minimum atomic E-state index is -0.181. The first-order valence-electron chi connectivity index (χ1n) is 5.48. The van der Waals surface area contributed by atoms with Crippen LogP contribution in [0.15, 0.2) is 18.2 Å². The van der Waals surface area contributed by atoms with Crippen molar-refractivity contribution in [2.45, 2.75) is 19.9 Å². The van der Waals surface area contributed by atoms with E-state index >= 15 is 0 Å². The predicted molar refractivity (Wildman–Crippen MR) is 69.3 cm³/mol. The molecule has 0 aliphatic carbocycles. The van der Waals surface area contributed by atoms with Crippen LogP contribution in [-0.4, -0.2) is 25.2 Å². The predicted octanol–water partition coefficient (Wildman–Crippen LogP) is 2.08. The molecule has 1 amide bonds. The summed E-state index contributed by atoms with van der Waals surface area (Å²) in [5, 5.41) is 3.20. The molecule has 17 heavy (non-hydrogen) atoms. The second-order valence-electron chi connectivity index (χ2n) is 3.77. The summed E-state index contributed by atoms with van der Waals surface area (Å²) in [6, 6.07) is 4.77. The molecule has 0 heterocycles. The molecule has 1 aromatic carbocycles. The molecule has 1 aromatic rings. The zero-order chi connectivity index (χ0) is 12.8. The number of halogens is 1. The third-order valence-corrected chi connectivity index (χ3v) is 2.54. The number of hydrogen-bond acceptors (Lipinski definition) is 3. The molecular weight excluding hydrogens is 240 g/mol. The van der Waals surface area contributed by atoms with Gasteiger partial charge in [0.15, 0.2) is 0 Å². The number of carbonyl (C=O) groups excluding carboxylic acids is 1. The lowest BCUT2D eigenvalue weighted by Gasteiger charge is -2.13. The highest BCUT2D eigenvalue weighted by molar-refractivity contribution is 6.33. The van der Waals surface area contributed by atoms with E-state index < -0.39 is 0 Å². The Bertz CT molecular complexity index is 396. The summed E-state index contributed by atoms with van der Waals surface area (Å²) in [6.07, 6.45) is 0. The lowest BCUT2D eigenvalue weighted by Crippen LogP contribution is -2.35. The van der Waals surface area contributed by atoms with Gasteiger partial charge in [-0.2, -0.15) is 0 Å². The number of nitrogens with one attached hydrogen (secondary N) is 1. The number of ether oxygens (including phenoxy) is 1. The number of benzene rings is 1. The molecule has 0 saturated heterocycles. The molecule has 0 aliphatic rings. The van der Waals surface area contributed by atoms with Crippen molar-refractivity contribution in [3.8, 4) is 0 Å². The maximum absolute atomic E-state index is 11.8. The summed E-state index contributed by atoms with van der Waals surface area (Å²) in [5.74, 6) is -0.181. The lowest BCUT2D eigenvalue weighted by molar-refractivity contribution is 0.0872. The van der Waals surface area contributed by atoms with E-state index in [2.05, 4.69) is 5.32 Å². The fraction of sp³-hybridized carbons (Fsp3) is 0.417. The molecule has 3 N–H and O–H groups in total. The first-order valence-corrected chi connectivity index (χ1v) is 5.86. The van der Waals surface area contributed by atoms with Gasteiger partial charge in [-0.25, -0.2) is 0 Å². The number of carbonyl (C=O) groups is 1. The lowest BCUT2D eigenvalue weighted by atomic mass is 10.2. The van der Waals surface area contributed by atoms with Crippen molar-refractivity contribution >= 4 is 23.2 Å². The average Bonchev–Trinajstić information content (AvgIpc) is 2.30.